The number of likely N-dealkylation sites (tertiary alicyclic amines) is 1. The molecule has 0 radical (unpaired) electrons. The number of aliphatic hydroxyl groups is 1. The van der Waals surface area contributed by atoms with E-state index in [9.17, 15) is 14.7 Å². The molecule has 1 atom stereocenters. The Labute approximate surface area is 252 Å². The first kappa shape index (κ1) is 29.5. The first-order valence-electron chi connectivity index (χ1n) is 14.4. The van der Waals surface area contributed by atoms with Crippen LogP contribution < -0.4 is 14.2 Å². The maximum absolute atomic E-state index is 13.5. The molecule has 1 heterocycles. The predicted octanol–water partition coefficient (Wildman–Crippen LogP) is 6.73. The van der Waals surface area contributed by atoms with Crippen molar-refractivity contribution < 1.29 is 28.9 Å². The summed E-state index contributed by atoms with van der Waals surface area (Å²) >= 11 is 0. The zero-order valence-corrected chi connectivity index (χ0v) is 24.4. The Morgan fingerprint density at radius 3 is 2.14 bits per heavy atom. The maximum atomic E-state index is 13.5. The maximum Gasteiger partial charge on any atom is 0.295 e. The number of amides is 1. The number of ether oxygens (including phenoxy) is 3. The Balaban J connectivity index is 1.51. The van der Waals surface area contributed by atoms with Crippen LogP contribution in [0.15, 0.2) is 109 Å². The number of hydrogen-bond acceptors (Lipinski definition) is 6. The van der Waals surface area contributed by atoms with Crippen LogP contribution in [-0.4, -0.2) is 42.0 Å². The van der Waals surface area contributed by atoms with Gasteiger partial charge in [0.15, 0.2) is 11.5 Å². The van der Waals surface area contributed by atoms with Crippen molar-refractivity contribution in [3.05, 3.63) is 131 Å². The summed E-state index contributed by atoms with van der Waals surface area (Å²) in [5.41, 5.74) is 3.12. The van der Waals surface area contributed by atoms with E-state index in [1.807, 2.05) is 73.7 Å². The lowest BCUT2D eigenvalue weighted by Gasteiger charge is -2.26. The Morgan fingerprint density at radius 1 is 0.814 bits per heavy atom. The highest BCUT2D eigenvalue weighted by Gasteiger charge is 2.46. The lowest BCUT2D eigenvalue weighted by atomic mass is 9.94. The van der Waals surface area contributed by atoms with E-state index in [1.54, 1.807) is 43.5 Å². The van der Waals surface area contributed by atoms with Gasteiger partial charge < -0.3 is 24.2 Å². The van der Waals surface area contributed by atoms with Gasteiger partial charge in [-0.2, -0.15) is 0 Å². The summed E-state index contributed by atoms with van der Waals surface area (Å²) in [5, 5.41) is 11.5. The third-order valence-corrected chi connectivity index (χ3v) is 7.37. The number of rotatable bonds is 12. The largest absolute Gasteiger partial charge is 0.507 e. The van der Waals surface area contributed by atoms with Gasteiger partial charge in [-0.3, -0.25) is 9.59 Å². The average Bonchev–Trinajstić information content (AvgIpc) is 3.31. The summed E-state index contributed by atoms with van der Waals surface area (Å²) in [6.45, 7) is 3.23. The van der Waals surface area contributed by atoms with Gasteiger partial charge in [0.1, 0.15) is 18.1 Å². The van der Waals surface area contributed by atoms with Crippen LogP contribution >= 0.6 is 0 Å². The summed E-state index contributed by atoms with van der Waals surface area (Å²) in [5.74, 6) is 0.0163. The van der Waals surface area contributed by atoms with Crippen LogP contribution in [0.1, 0.15) is 41.6 Å². The lowest BCUT2D eigenvalue weighted by molar-refractivity contribution is -0.139. The van der Waals surface area contributed by atoms with Crippen LogP contribution in [0, 0.1) is 0 Å². The number of methoxy groups -OCH3 is 1. The highest BCUT2D eigenvalue weighted by atomic mass is 16.5. The van der Waals surface area contributed by atoms with E-state index < -0.39 is 17.7 Å². The van der Waals surface area contributed by atoms with E-state index >= 15 is 0 Å². The van der Waals surface area contributed by atoms with Gasteiger partial charge in [-0.15, -0.1) is 0 Å². The summed E-state index contributed by atoms with van der Waals surface area (Å²) < 4.78 is 17.4. The molecule has 1 aliphatic heterocycles. The van der Waals surface area contributed by atoms with Crippen LogP contribution in [0.25, 0.3) is 5.76 Å². The van der Waals surface area contributed by atoms with Crippen molar-refractivity contribution in [3.8, 4) is 17.2 Å². The second-order valence-electron chi connectivity index (χ2n) is 10.3. The zero-order valence-electron chi connectivity index (χ0n) is 24.4. The molecule has 1 amide bonds. The summed E-state index contributed by atoms with van der Waals surface area (Å²) in [7, 11) is 1.54. The van der Waals surface area contributed by atoms with E-state index in [2.05, 4.69) is 0 Å². The number of hydrogen-bond donors (Lipinski definition) is 1. The van der Waals surface area contributed by atoms with Crippen molar-refractivity contribution >= 4 is 17.4 Å². The van der Waals surface area contributed by atoms with Gasteiger partial charge in [-0.25, -0.2) is 0 Å². The van der Waals surface area contributed by atoms with Gasteiger partial charge in [0.05, 0.1) is 25.3 Å². The molecule has 7 heteroatoms. The normalized spacial score (nSPS) is 15.9. The van der Waals surface area contributed by atoms with Crippen molar-refractivity contribution in [2.75, 3.05) is 20.3 Å². The molecule has 1 unspecified atom stereocenters. The van der Waals surface area contributed by atoms with Crippen LogP contribution in [0.4, 0.5) is 0 Å². The molecule has 43 heavy (non-hydrogen) atoms. The predicted molar refractivity (Wildman–Crippen MR) is 165 cm³/mol. The minimum absolute atomic E-state index is 0.0281. The topological polar surface area (TPSA) is 85.3 Å². The molecule has 0 spiro atoms. The van der Waals surface area contributed by atoms with Crippen LogP contribution in [0.2, 0.25) is 0 Å². The van der Waals surface area contributed by atoms with Gasteiger partial charge in [0.25, 0.3) is 11.7 Å². The number of carbonyl (C=O) groups excluding carboxylic acids is 2. The molecule has 1 aliphatic rings. The van der Waals surface area contributed by atoms with Crippen molar-refractivity contribution in [2.45, 2.75) is 32.4 Å². The van der Waals surface area contributed by atoms with E-state index in [1.165, 1.54) is 4.90 Å². The standard InChI is InChI=1S/C36H35NO6/c1-3-22-42-29-17-14-27(15-18-29)34(38)32-33(37(36(40)35(32)39)21-20-25-10-6-4-7-11-25)28-16-19-30(31(23-28)41-2)43-24-26-12-8-5-9-13-26/h4-19,23,33,38H,3,20-22,24H2,1-2H3. The van der Waals surface area contributed by atoms with Crippen molar-refractivity contribution in [2.24, 2.45) is 0 Å². The summed E-state index contributed by atoms with van der Waals surface area (Å²) in [4.78, 5) is 28.5. The SMILES string of the molecule is CCCOc1ccc(C(O)=C2C(=O)C(=O)N(CCc3ccccc3)C2c2ccc(OCc3ccccc3)c(OC)c2)cc1. The molecule has 4 aromatic carbocycles. The zero-order chi connectivity index (χ0) is 30.2. The molecule has 0 saturated carbocycles. The lowest BCUT2D eigenvalue weighted by Crippen LogP contribution is -2.31. The molecule has 5 rings (SSSR count). The van der Waals surface area contributed by atoms with Crippen LogP contribution in [0.3, 0.4) is 0 Å². The van der Waals surface area contributed by atoms with Crippen molar-refractivity contribution in [1.29, 1.82) is 0 Å². The fraction of sp³-hybridized carbons (Fsp3) is 0.222. The fourth-order valence-corrected chi connectivity index (χ4v) is 5.14. The number of carbonyl (C=O) groups is 2. The van der Waals surface area contributed by atoms with Gasteiger partial charge in [0.2, 0.25) is 0 Å². The number of Topliss-reactive ketones (excluding diaryl/α,β-unsaturated/α-hetero) is 1. The van der Waals surface area contributed by atoms with Gasteiger partial charge in [-0.05, 0) is 65.9 Å². The van der Waals surface area contributed by atoms with Gasteiger partial charge in [-0.1, -0.05) is 73.7 Å². The Bertz CT molecular complexity index is 1580. The monoisotopic (exact) mass is 577 g/mol. The number of aliphatic hydroxyl groups excluding tert-OH is 1. The molecule has 1 N–H and O–H groups in total. The Kier molecular flexibility index (Phi) is 9.42. The fourth-order valence-electron chi connectivity index (χ4n) is 5.14. The molecular formula is C36H35NO6. The number of nitrogens with zero attached hydrogens (tertiary/aromatic N) is 1. The van der Waals surface area contributed by atoms with Crippen LogP contribution in [0.5, 0.6) is 17.2 Å². The van der Waals surface area contributed by atoms with E-state index in [0.29, 0.717) is 48.0 Å². The minimum Gasteiger partial charge on any atom is -0.507 e. The molecule has 1 fully saturated rings. The molecule has 0 aliphatic carbocycles. The van der Waals surface area contributed by atoms with Crippen LogP contribution in [-0.2, 0) is 22.6 Å². The smallest absolute Gasteiger partial charge is 0.295 e. The first-order valence-corrected chi connectivity index (χ1v) is 14.4. The first-order chi connectivity index (χ1) is 21.0. The Hall–Kier alpha value is -5.04. The third-order valence-electron chi connectivity index (χ3n) is 7.37. The molecule has 1 saturated heterocycles. The molecule has 4 aromatic rings. The second kappa shape index (κ2) is 13.7. The molecule has 220 valence electrons. The van der Waals surface area contributed by atoms with E-state index in [4.69, 9.17) is 14.2 Å². The van der Waals surface area contributed by atoms with Gasteiger partial charge in [0, 0.05) is 12.1 Å². The van der Waals surface area contributed by atoms with Crippen molar-refractivity contribution in [3.63, 3.8) is 0 Å². The summed E-state index contributed by atoms with van der Waals surface area (Å²) in [6, 6.07) is 31.0. The quantitative estimate of drug-likeness (QED) is 0.114. The molecule has 0 bridgehead atoms. The van der Waals surface area contributed by atoms with E-state index in [0.717, 1.165) is 17.5 Å². The van der Waals surface area contributed by atoms with Gasteiger partial charge >= 0.3 is 0 Å². The molecule has 0 aromatic heterocycles. The average molecular weight is 578 g/mol. The highest BCUT2D eigenvalue weighted by Crippen LogP contribution is 2.42. The Morgan fingerprint density at radius 2 is 1.49 bits per heavy atom. The number of benzene rings is 4. The van der Waals surface area contributed by atoms with Crippen molar-refractivity contribution in [1.82, 2.24) is 4.90 Å². The van der Waals surface area contributed by atoms with E-state index in [-0.39, 0.29) is 17.9 Å². The minimum atomic E-state index is -0.822. The number of ketones is 1. The third kappa shape index (κ3) is 6.72. The second-order valence-corrected chi connectivity index (χ2v) is 10.3. The summed E-state index contributed by atoms with van der Waals surface area (Å²) in [6.07, 6.45) is 1.41. The molecule has 7 nitrogen and oxygen atoms in total. The highest BCUT2D eigenvalue weighted by molar-refractivity contribution is 6.46. The molecular weight excluding hydrogens is 542 g/mol.